The zero-order chi connectivity index (χ0) is 14.5. The quantitative estimate of drug-likeness (QED) is 0.756. The number of amides is 1. The third-order valence-corrected chi connectivity index (χ3v) is 3.02. The molecule has 0 fully saturated rings. The molecule has 1 amide bonds. The van der Waals surface area contributed by atoms with E-state index in [2.05, 4.69) is 10.4 Å². The number of carbonyl (C=O) groups excluding carboxylic acids is 1. The molecule has 0 unspecified atom stereocenters. The molecule has 2 rings (SSSR count). The lowest BCUT2D eigenvalue weighted by Crippen LogP contribution is -2.31. The third-order valence-electron chi connectivity index (χ3n) is 3.02. The maximum atomic E-state index is 12.2. The monoisotopic (exact) mass is 274 g/mol. The first-order chi connectivity index (χ1) is 9.65. The summed E-state index contributed by atoms with van der Waals surface area (Å²) >= 11 is 0. The van der Waals surface area contributed by atoms with Gasteiger partial charge in [-0.3, -0.25) is 9.48 Å². The van der Waals surface area contributed by atoms with Gasteiger partial charge in [0.15, 0.2) is 5.69 Å². The number of aliphatic hydroxyl groups is 1. The average Bonchev–Trinajstić information content (AvgIpc) is 2.86. The lowest BCUT2D eigenvalue weighted by atomic mass is 10.1. The highest BCUT2D eigenvalue weighted by Crippen LogP contribution is 2.14. The van der Waals surface area contributed by atoms with E-state index in [0.717, 1.165) is 5.56 Å². The van der Waals surface area contributed by atoms with Crippen LogP contribution >= 0.6 is 0 Å². The van der Waals surface area contributed by atoms with Crippen molar-refractivity contribution < 1.29 is 9.90 Å². The molecule has 2 aromatic rings. The van der Waals surface area contributed by atoms with E-state index in [9.17, 15) is 9.90 Å². The number of aromatic nitrogens is 2. The Kier molecular flexibility index (Phi) is 4.37. The van der Waals surface area contributed by atoms with Crippen molar-refractivity contribution in [2.24, 2.45) is 0 Å². The van der Waals surface area contributed by atoms with Crippen LogP contribution in [-0.2, 0) is 6.54 Å². The fourth-order valence-electron chi connectivity index (χ4n) is 1.92. The summed E-state index contributed by atoms with van der Waals surface area (Å²) in [4.78, 5) is 12.2. The van der Waals surface area contributed by atoms with Crippen LogP contribution in [-0.4, -0.2) is 27.4 Å². The number of nitrogens with two attached hydrogens (primary N) is 1. The van der Waals surface area contributed by atoms with Crippen molar-refractivity contribution in [2.75, 3.05) is 12.3 Å². The molecule has 0 aliphatic carbocycles. The number of hydrogen-bond donors (Lipinski definition) is 3. The minimum Gasteiger partial charge on any atom is -0.396 e. The van der Waals surface area contributed by atoms with Crippen molar-refractivity contribution >= 4 is 11.6 Å². The lowest BCUT2D eigenvalue weighted by molar-refractivity contribution is 0.0911. The predicted octanol–water partition coefficient (Wildman–Crippen LogP) is 0.949. The minimum atomic E-state index is -0.477. The molecule has 0 saturated heterocycles. The second-order valence-electron chi connectivity index (χ2n) is 4.41. The van der Waals surface area contributed by atoms with Crippen molar-refractivity contribution in [3.63, 3.8) is 0 Å². The molecule has 1 aromatic carbocycles. The van der Waals surface area contributed by atoms with E-state index in [4.69, 9.17) is 5.73 Å². The second-order valence-corrected chi connectivity index (χ2v) is 4.41. The zero-order valence-corrected chi connectivity index (χ0v) is 11.3. The Balaban J connectivity index is 2.15. The van der Waals surface area contributed by atoms with Gasteiger partial charge in [0.05, 0.1) is 18.3 Å². The SMILES string of the molecule is CCn1cc(N)c(C(=O)N[C@H](CO)c2ccccc2)n1. The number of nitrogen functional groups attached to an aromatic ring is 1. The van der Waals surface area contributed by atoms with Gasteiger partial charge in [0, 0.05) is 12.7 Å². The molecule has 0 aliphatic heterocycles. The fraction of sp³-hybridized carbons (Fsp3) is 0.286. The van der Waals surface area contributed by atoms with E-state index >= 15 is 0 Å². The van der Waals surface area contributed by atoms with Gasteiger partial charge in [-0.15, -0.1) is 0 Å². The molecule has 1 heterocycles. The molecular formula is C14H18N4O2. The molecule has 0 saturated carbocycles. The summed E-state index contributed by atoms with van der Waals surface area (Å²) in [5.41, 5.74) is 7.11. The number of nitrogens with one attached hydrogen (secondary N) is 1. The number of rotatable bonds is 5. The van der Waals surface area contributed by atoms with Crippen molar-refractivity contribution in [3.05, 3.63) is 47.8 Å². The van der Waals surface area contributed by atoms with Gasteiger partial charge >= 0.3 is 0 Å². The summed E-state index contributed by atoms with van der Waals surface area (Å²) in [6, 6.07) is 8.79. The normalized spacial score (nSPS) is 12.1. The predicted molar refractivity (Wildman–Crippen MR) is 76.0 cm³/mol. The number of nitrogens with zero attached hydrogens (tertiary/aromatic N) is 2. The summed E-state index contributed by atoms with van der Waals surface area (Å²) < 4.78 is 1.60. The van der Waals surface area contributed by atoms with Crippen LogP contribution in [0, 0.1) is 0 Å². The summed E-state index contributed by atoms with van der Waals surface area (Å²) in [5, 5.41) is 16.3. The maximum Gasteiger partial charge on any atom is 0.274 e. The van der Waals surface area contributed by atoms with Crippen LogP contribution < -0.4 is 11.1 Å². The van der Waals surface area contributed by atoms with E-state index in [1.807, 2.05) is 37.3 Å². The van der Waals surface area contributed by atoms with Gasteiger partial charge in [-0.25, -0.2) is 0 Å². The van der Waals surface area contributed by atoms with Gasteiger partial charge in [0.2, 0.25) is 0 Å². The van der Waals surface area contributed by atoms with Crippen LogP contribution in [0.1, 0.15) is 29.0 Å². The minimum absolute atomic E-state index is 0.182. The van der Waals surface area contributed by atoms with E-state index in [0.29, 0.717) is 12.2 Å². The molecular weight excluding hydrogens is 256 g/mol. The van der Waals surface area contributed by atoms with Crippen molar-refractivity contribution in [1.82, 2.24) is 15.1 Å². The zero-order valence-electron chi connectivity index (χ0n) is 11.3. The van der Waals surface area contributed by atoms with Crippen molar-refractivity contribution in [1.29, 1.82) is 0 Å². The van der Waals surface area contributed by atoms with Crippen LogP contribution in [0.5, 0.6) is 0 Å². The Morgan fingerprint density at radius 3 is 2.70 bits per heavy atom. The van der Waals surface area contributed by atoms with Gasteiger partial charge < -0.3 is 16.2 Å². The number of hydrogen-bond acceptors (Lipinski definition) is 4. The van der Waals surface area contributed by atoms with Crippen molar-refractivity contribution in [2.45, 2.75) is 19.5 Å². The van der Waals surface area contributed by atoms with Gasteiger partial charge in [0.25, 0.3) is 5.91 Å². The standard InChI is InChI=1S/C14H18N4O2/c1-2-18-8-11(15)13(17-18)14(20)16-12(9-19)10-6-4-3-5-7-10/h3-8,12,19H,2,9,15H2,1H3,(H,16,20)/t12-/m1/s1. The van der Waals surface area contributed by atoms with E-state index in [1.54, 1.807) is 10.9 Å². The van der Waals surface area contributed by atoms with Gasteiger partial charge in [0.1, 0.15) is 0 Å². The number of benzene rings is 1. The van der Waals surface area contributed by atoms with Crippen LogP contribution in [0.15, 0.2) is 36.5 Å². The van der Waals surface area contributed by atoms with E-state index in [1.165, 1.54) is 0 Å². The molecule has 1 aromatic heterocycles. The highest BCUT2D eigenvalue weighted by atomic mass is 16.3. The maximum absolute atomic E-state index is 12.2. The summed E-state index contributed by atoms with van der Waals surface area (Å²) in [5.74, 6) is -0.391. The molecule has 106 valence electrons. The van der Waals surface area contributed by atoms with E-state index < -0.39 is 11.9 Å². The Morgan fingerprint density at radius 1 is 1.45 bits per heavy atom. The third kappa shape index (κ3) is 2.97. The number of anilines is 1. The molecule has 6 nitrogen and oxygen atoms in total. The van der Waals surface area contributed by atoms with Crippen LogP contribution in [0.2, 0.25) is 0 Å². The number of carbonyl (C=O) groups is 1. The largest absolute Gasteiger partial charge is 0.396 e. The Morgan fingerprint density at radius 2 is 2.15 bits per heavy atom. The molecule has 6 heteroatoms. The summed E-state index contributed by atoms with van der Waals surface area (Å²) in [7, 11) is 0. The second kappa shape index (κ2) is 6.21. The lowest BCUT2D eigenvalue weighted by Gasteiger charge is -2.16. The van der Waals surface area contributed by atoms with Gasteiger partial charge in [-0.2, -0.15) is 5.10 Å². The first-order valence-electron chi connectivity index (χ1n) is 6.45. The molecule has 20 heavy (non-hydrogen) atoms. The van der Waals surface area contributed by atoms with Gasteiger partial charge in [-0.05, 0) is 12.5 Å². The Bertz CT molecular complexity index is 580. The summed E-state index contributed by atoms with van der Waals surface area (Å²) in [6.45, 7) is 2.36. The number of aliphatic hydroxyl groups excluding tert-OH is 1. The number of aryl methyl sites for hydroxylation is 1. The Labute approximate surface area is 117 Å². The molecule has 1 atom stereocenters. The first-order valence-corrected chi connectivity index (χ1v) is 6.45. The van der Waals surface area contributed by atoms with Crippen LogP contribution in [0.3, 0.4) is 0 Å². The smallest absolute Gasteiger partial charge is 0.274 e. The summed E-state index contributed by atoms with van der Waals surface area (Å²) in [6.07, 6.45) is 1.62. The van der Waals surface area contributed by atoms with E-state index in [-0.39, 0.29) is 12.3 Å². The van der Waals surface area contributed by atoms with Gasteiger partial charge in [-0.1, -0.05) is 30.3 Å². The highest BCUT2D eigenvalue weighted by Gasteiger charge is 2.19. The average molecular weight is 274 g/mol. The Hall–Kier alpha value is -2.34. The van der Waals surface area contributed by atoms with Crippen molar-refractivity contribution in [3.8, 4) is 0 Å². The fourth-order valence-corrected chi connectivity index (χ4v) is 1.92. The van der Waals surface area contributed by atoms with Crippen LogP contribution in [0.25, 0.3) is 0 Å². The van der Waals surface area contributed by atoms with Crippen LogP contribution in [0.4, 0.5) is 5.69 Å². The molecule has 0 spiro atoms. The first kappa shape index (κ1) is 14.1. The molecule has 0 aliphatic rings. The molecule has 0 bridgehead atoms. The topological polar surface area (TPSA) is 93.2 Å². The highest BCUT2D eigenvalue weighted by molar-refractivity contribution is 5.97. The molecule has 0 radical (unpaired) electrons. The molecule has 4 N–H and O–H groups in total.